The van der Waals surface area contributed by atoms with E-state index in [1.54, 1.807) is 43.0 Å². The third-order valence-corrected chi connectivity index (χ3v) is 4.73. The van der Waals surface area contributed by atoms with Crippen LogP contribution in [-0.2, 0) is 4.79 Å². The van der Waals surface area contributed by atoms with Crippen LogP contribution in [0.4, 0.5) is 21.2 Å². The maximum absolute atomic E-state index is 12.4. The molecular formula is C21H27N7O4. The van der Waals surface area contributed by atoms with Crippen LogP contribution in [0.1, 0.15) is 13.8 Å². The van der Waals surface area contributed by atoms with Crippen LogP contribution in [-0.4, -0.2) is 71.0 Å². The summed E-state index contributed by atoms with van der Waals surface area (Å²) in [6.07, 6.45) is 2.97. The molecule has 0 saturated carbocycles. The van der Waals surface area contributed by atoms with Gasteiger partial charge in [-0.05, 0) is 25.2 Å². The molecule has 2 aromatic rings. The molecule has 0 unspecified atom stereocenters. The Balaban J connectivity index is 1.54. The number of carbonyl (C=O) groups excluding carboxylic acids is 3. The monoisotopic (exact) mass is 441 g/mol. The summed E-state index contributed by atoms with van der Waals surface area (Å²) in [5.74, 6) is 0.857. The fraction of sp³-hybridized carbons (Fsp3) is 0.381. The molecule has 2 aromatic heterocycles. The Kier molecular flexibility index (Phi) is 7.55. The number of rotatable bonds is 5. The first kappa shape index (κ1) is 22.9. The lowest BCUT2D eigenvalue weighted by atomic mass is 10.2. The molecule has 0 bridgehead atoms. The predicted octanol–water partition coefficient (Wildman–Crippen LogP) is 2.35. The SMILES string of the molecule is CC(C)C(=O)NC(=O)Nc1ccc(Oc2ccnc(NC(=O)N3CCN(C)CC3)c2)cn1. The zero-order valence-corrected chi connectivity index (χ0v) is 18.3. The minimum absolute atomic E-state index is 0.200. The highest BCUT2D eigenvalue weighted by Crippen LogP contribution is 2.23. The molecule has 1 saturated heterocycles. The standard InChI is InChI=1S/C21H27N7O4/c1-14(2)19(29)26-20(30)24-17-5-4-16(13-23-17)32-15-6-7-22-18(12-15)25-21(31)28-10-8-27(3)9-11-28/h4-7,12-14H,8-11H2,1-3H3,(H,22,25,31)(H2,23,24,26,29,30). The number of urea groups is 2. The maximum atomic E-state index is 12.4. The summed E-state index contributed by atoms with van der Waals surface area (Å²) < 4.78 is 5.76. The van der Waals surface area contributed by atoms with Crippen LogP contribution < -0.4 is 20.7 Å². The molecule has 3 heterocycles. The molecule has 170 valence electrons. The average Bonchev–Trinajstić information content (AvgIpc) is 2.75. The van der Waals surface area contributed by atoms with Gasteiger partial charge in [-0.3, -0.25) is 20.7 Å². The number of pyridine rings is 2. The molecule has 0 aliphatic carbocycles. The molecule has 0 spiro atoms. The summed E-state index contributed by atoms with van der Waals surface area (Å²) in [6, 6.07) is 5.59. The predicted molar refractivity (Wildman–Crippen MR) is 119 cm³/mol. The number of amides is 5. The minimum Gasteiger partial charge on any atom is -0.456 e. The number of ether oxygens (including phenoxy) is 1. The van der Waals surface area contributed by atoms with Crippen molar-refractivity contribution in [3.8, 4) is 11.5 Å². The van der Waals surface area contributed by atoms with Crippen LogP contribution in [0.25, 0.3) is 0 Å². The van der Waals surface area contributed by atoms with Crippen molar-refractivity contribution in [2.75, 3.05) is 43.9 Å². The number of hydrogen-bond acceptors (Lipinski definition) is 7. The van der Waals surface area contributed by atoms with Crippen molar-refractivity contribution in [2.45, 2.75) is 13.8 Å². The number of carbonyl (C=O) groups is 3. The maximum Gasteiger partial charge on any atom is 0.327 e. The van der Waals surface area contributed by atoms with Crippen molar-refractivity contribution in [1.82, 2.24) is 25.1 Å². The lowest BCUT2D eigenvalue weighted by Crippen LogP contribution is -2.48. The first-order valence-corrected chi connectivity index (χ1v) is 10.3. The van der Waals surface area contributed by atoms with Crippen molar-refractivity contribution < 1.29 is 19.1 Å². The van der Waals surface area contributed by atoms with E-state index in [9.17, 15) is 14.4 Å². The van der Waals surface area contributed by atoms with Crippen molar-refractivity contribution >= 4 is 29.6 Å². The van der Waals surface area contributed by atoms with Gasteiger partial charge in [-0.15, -0.1) is 0 Å². The van der Waals surface area contributed by atoms with Crippen LogP contribution in [0.3, 0.4) is 0 Å². The topological polar surface area (TPSA) is 129 Å². The molecule has 1 fully saturated rings. The molecule has 32 heavy (non-hydrogen) atoms. The molecule has 0 radical (unpaired) electrons. The van der Waals surface area contributed by atoms with E-state index >= 15 is 0 Å². The van der Waals surface area contributed by atoms with Gasteiger partial charge in [0, 0.05) is 44.4 Å². The highest BCUT2D eigenvalue weighted by molar-refractivity contribution is 6.01. The Morgan fingerprint density at radius 3 is 2.38 bits per heavy atom. The second-order valence-electron chi connectivity index (χ2n) is 7.68. The second-order valence-corrected chi connectivity index (χ2v) is 7.68. The largest absolute Gasteiger partial charge is 0.456 e. The lowest BCUT2D eigenvalue weighted by molar-refractivity contribution is -0.122. The lowest BCUT2D eigenvalue weighted by Gasteiger charge is -2.32. The Hall–Kier alpha value is -3.73. The fourth-order valence-corrected chi connectivity index (χ4v) is 2.80. The Bertz CT molecular complexity index is 957. The molecule has 0 aromatic carbocycles. The number of likely N-dealkylation sites (N-methyl/N-ethyl adjacent to an activating group) is 1. The highest BCUT2D eigenvalue weighted by atomic mass is 16.5. The number of piperazine rings is 1. The van der Waals surface area contributed by atoms with Gasteiger partial charge in [-0.1, -0.05) is 13.8 Å². The summed E-state index contributed by atoms with van der Waals surface area (Å²) in [5.41, 5.74) is 0. The first-order valence-electron chi connectivity index (χ1n) is 10.3. The van der Waals surface area contributed by atoms with Crippen LogP contribution in [0.15, 0.2) is 36.7 Å². The van der Waals surface area contributed by atoms with E-state index in [1.165, 1.54) is 12.4 Å². The van der Waals surface area contributed by atoms with E-state index in [-0.39, 0.29) is 23.7 Å². The van der Waals surface area contributed by atoms with Gasteiger partial charge in [-0.2, -0.15) is 0 Å². The van der Waals surface area contributed by atoms with Gasteiger partial charge in [0.25, 0.3) is 0 Å². The van der Waals surface area contributed by atoms with E-state index < -0.39 is 6.03 Å². The van der Waals surface area contributed by atoms with E-state index in [0.717, 1.165) is 13.1 Å². The van der Waals surface area contributed by atoms with Crippen molar-refractivity contribution in [3.63, 3.8) is 0 Å². The third kappa shape index (κ3) is 6.64. The van der Waals surface area contributed by atoms with Crippen molar-refractivity contribution in [3.05, 3.63) is 36.7 Å². The molecule has 5 amide bonds. The number of anilines is 2. The summed E-state index contributed by atoms with van der Waals surface area (Å²) in [6.45, 7) is 6.36. The van der Waals surface area contributed by atoms with Crippen LogP contribution in [0.2, 0.25) is 0 Å². The van der Waals surface area contributed by atoms with Crippen molar-refractivity contribution in [1.29, 1.82) is 0 Å². The Morgan fingerprint density at radius 2 is 1.72 bits per heavy atom. The Morgan fingerprint density at radius 1 is 0.969 bits per heavy atom. The molecular weight excluding hydrogens is 414 g/mol. The molecule has 1 aliphatic heterocycles. The van der Waals surface area contributed by atoms with E-state index in [2.05, 4.69) is 30.8 Å². The molecule has 3 rings (SSSR count). The quantitative estimate of drug-likeness (QED) is 0.650. The number of hydrogen-bond donors (Lipinski definition) is 3. The number of nitrogens with one attached hydrogen (secondary N) is 3. The van der Waals surface area contributed by atoms with Gasteiger partial charge in [0.05, 0.1) is 6.20 Å². The van der Waals surface area contributed by atoms with Gasteiger partial charge in [0.1, 0.15) is 23.1 Å². The van der Waals surface area contributed by atoms with E-state index in [1.807, 2.05) is 7.05 Å². The molecule has 1 aliphatic rings. The van der Waals surface area contributed by atoms with Gasteiger partial charge >= 0.3 is 12.1 Å². The van der Waals surface area contributed by atoms with Gasteiger partial charge < -0.3 is 14.5 Å². The van der Waals surface area contributed by atoms with E-state index in [0.29, 0.717) is 30.4 Å². The smallest absolute Gasteiger partial charge is 0.327 e. The number of nitrogens with zero attached hydrogens (tertiary/aromatic N) is 4. The molecule has 11 nitrogen and oxygen atoms in total. The third-order valence-electron chi connectivity index (χ3n) is 4.73. The van der Waals surface area contributed by atoms with E-state index in [4.69, 9.17) is 4.74 Å². The molecule has 0 atom stereocenters. The number of imide groups is 1. The summed E-state index contributed by atoms with van der Waals surface area (Å²) in [4.78, 5) is 47.9. The number of aromatic nitrogens is 2. The summed E-state index contributed by atoms with van der Waals surface area (Å²) in [7, 11) is 2.03. The van der Waals surface area contributed by atoms with Crippen LogP contribution in [0.5, 0.6) is 11.5 Å². The highest BCUT2D eigenvalue weighted by Gasteiger charge is 2.19. The summed E-state index contributed by atoms with van der Waals surface area (Å²) in [5, 5.41) is 7.49. The zero-order chi connectivity index (χ0) is 23.1. The van der Waals surface area contributed by atoms with Crippen LogP contribution >= 0.6 is 0 Å². The van der Waals surface area contributed by atoms with Gasteiger partial charge in [0.2, 0.25) is 5.91 Å². The van der Waals surface area contributed by atoms with Crippen molar-refractivity contribution in [2.24, 2.45) is 5.92 Å². The Labute approximate surface area is 186 Å². The van der Waals surface area contributed by atoms with Gasteiger partial charge in [-0.25, -0.2) is 19.6 Å². The minimum atomic E-state index is -0.653. The second kappa shape index (κ2) is 10.5. The fourth-order valence-electron chi connectivity index (χ4n) is 2.80. The first-order chi connectivity index (χ1) is 15.3. The molecule has 11 heteroatoms. The van der Waals surface area contributed by atoms with Gasteiger partial charge in [0.15, 0.2) is 0 Å². The molecule has 3 N–H and O–H groups in total. The zero-order valence-electron chi connectivity index (χ0n) is 18.3. The summed E-state index contributed by atoms with van der Waals surface area (Å²) >= 11 is 0. The normalized spacial score (nSPS) is 14.1. The van der Waals surface area contributed by atoms with Crippen LogP contribution in [0, 0.1) is 5.92 Å². The average molecular weight is 441 g/mol.